The molecule has 6 nitrogen and oxygen atoms in total. The van der Waals surface area contributed by atoms with E-state index in [0.29, 0.717) is 12.1 Å². The summed E-state index contributed by atoms with van der Waals surface area (Å²) >= 11 is 0. The molecule has 28 heavy (non-hydrogen) atoms. The van der Waals surface area contributed by atoms with E-state index in [0.717, 1.165) is 4.57 Å². The Morgan fingerprint density at radius 3 is 2.46 bits per heavy atom. The number of hydrogen-bond donors (Lipinski definition) is 1. The van der Waals surface area contributed by atoms with Gasteiger partial charge in [-0.1, -0.05) is 0 Å². The molecule has 0 aliphatic carbocycles. The average Bonchev–Trinajstić information content (AvgIpc) is 3.06. The summed E-state index contributed by atoms with van der Waals surface area (Å²) in [6.07, 6.45) is -4.85. The lowest BCUT2D eigenvalue weighted by atomic mass is 10.0. The maximum Gasteiger partial charge on any atom is 0.451 e. The quantitative estimate of drug-likeness (QED) is 0.624. The number of halogens is 6. The van der Waals surface area contributed by atoms with Crippen molar-refractivity contribution in [3.63, 3.8) is 0 Å². The van der Waals surface area contributed by atoms with Gasteiger partial charge in [0.05, 0.1) is 6.54 Å². The zero-order valence-corrected chi connectivity index (χ0v) is 14.3. The van der Waals surface area contributed by atoms with Crippen LogP contribution >= 0.6 is 0 Å². The summed E-state index contributed by atoms with van der Waals surface area (Å²) in [4.78, 5) is 13.6. The summed E-state index contributed by atoms with van der Waals surface area (Å²) in [5.74, 6) is -5.17. The number of nitrogens with two attached hydrogens (primary N) is 1. The van der Waals surface area contributed by atoms with Crippen molar-refractivity contribution in [2.75, 3.05) is 6.54 Å². The lowest BCUT2D eigenvalue weighted by Crippen LogP contribution is -2.39. The molecular formula is C16H15F6N5O. The van der Waals surface area contributed by atoms with Gasteiger partial charge in [0, 0.05) is 37.2 Å². The standard InChI is InChI=1S/C16H15F6N5O/c17-9-6-11(19)10(18)5-8(9)12(23)1-2-14(28)26-3-4-27-13(7-26)24-25-15(27)16(20,21)22/h5-6,12H,1-4,7,23H2/t12-/m1/s1. The Kier molecular flexibility index (Phi) is 5.33. The Morgan fingerprint density at radius 2 is 1.79 bits per heavy atom. The topological polar surface area (TPSA) is 77.0 Å². The van der Waals surface area contributed by atoms with Crippen LogP contribution < -0.4 is 5.73 Å². The number of benzene rings is 1. The molecule has 2 aromatic rings. The Hall–Kier alpha value is -2.63. The summed E-state index contributed by atoms with van der Waals surface area (Å²) in [6, 6.07) is -0.0338. The van der Waals surface area contributed by atoms with Crippen molar-refractivity contribution in [1.82, 2.24) is 19.7 Å². The molecule has 2 heterocycles. The van der Waals surface area contributed by atoms with Crippen LogP contribution in [0.15, 0.2) is 12.1 Å². The number of aromatic nitrogens is 3. The summed E-state index contributed by atoms with van der Waals surface area (Å²) in [7, 11) is 0. The third-order valence-corrected chi connectivity index (χ3v) is 4.47. The third-order valence-electron chi connectivity index (χ3n) is 4.47. The fourth-order valence-electron chi connectivity index (χ4n) is 2.99. The zero-order chi connectivity index (χ0) is 20.6. The third kappa shape index (κ3) is 3.96. The second-order valence-electron chi connectivity index (χ2n) is 6.34. The first-order valence-electron chi connectivity index (χ1n) is 8.25. The highest BCUT2D eigenvalue weighted by atomic mass is 19.4. The van der Waals surface area contributed by atoms with Gasteiger partial charge in [-0.25, -0.2) is 13.2 Å². The first kappa shape index (κ1) is 20.1. The van der Waals surface area contributed by atoms with Gasteiger partial charge < -0.3 is 15.2 Å². The summed E-state index contributed by atoms with van der Waals surface area (Å²) < 4.78 is 79.4. The van der Waals surface area contributed by atoms with Gasteiger partial charge >= 0.3 is 6.18 Å². The lowest BCUT2D eigenvalue weighted by molar-refractivity contribution is -0.148. The van der Waals surface area contributed by atoms with E-state index in [-0.39, 0.29) is 43.9 Å². The Bertz CT molecular complexity index is 896. The molecule has 1 atom stereocenters. The Balaban J connectivity index is 1.62. The normalized spacial score (nSPS) is 15.5. The van der Waals surface area contributed by atoms with Crippen LogP contribution in [-0.4, -0.2) is 32.1 Å². The molecule has 12 heteroatoms. The van der Waals surface area contributed by atoms with Crippen molar-refractivity contribution in [1.29, 1.82) is 0 Å². The highest BCUT2D eigenvalue weighted by Gasteiger charge is 2.39. The van der Waals surface area contributed by atoms with Crippen molar-refractivity contribution in [2.24, 2.45) is 5.73 Å². The molecule has 3 rings (SSSR count). The van der Waals surface area contributed by atoms with Crippen LogP contribution in [0.3, 0.4) is 0 Å². The second kappa shape index (κ2) is 7.41. The van der Waals surface area contributed by atoms with E-state index in [9.17, 15) is 31.1 Å². The van der Waals surface area contributed by atoms with Crippen LogP contribution in [0.5, 0.6) is 0 Å². The van der Waals surface area contributed by atoms with E-state index in [4.69, 9.17) is 5.73 Å². The fourth-order valence-corrected chi connectivity index (χ4v) is 2.99. The zero-order valence-electron chi connectivity index (χ0n) is 14.3. The molecule has 0 spiro atoms. The fraction of sp³-hybridized carbons (Fsp3) is 0.438. The molecule has 1 aliphatic heterocycles. The monoisotopic (exact) mass is 407 g/mol. The largest absolute Gasteiger partial charge is 0.451 e. The molecule has 0 bridgehead atoms. The first-order chi connectivity index (χ1) is 13.1. The highest BCUT2D eigenvalue weighted by molar-refractivity contribution is 5.76. The number of amides is 1. The minimum absolute atomic E-state index is 0.00266. The van der Waals surface area contributed by atoms with E-state index in [1.54, 1.807) is 0 Å². The second-order valence-corrected chi connectivity index (χ2v) is 6.34. The van der Waals surface area contributed by atoms with E-state index >= 15 is 0 Å². The smallest absolute Gasteiger partial charge is 0.333 e. The molecule has 0 fully saturated rings. The van der Waals surface area contributed by atoms with E-state index in [1.807, 2.05) is 0 Å². The van der Waals surface area contributed by atoms with Crippen LogP contribution in [0.25, 0.3) is 0 Å². The molecular weight excluding hydrogens is 392 g/mol. The van der Waals surface area contributed by atoms with Gasteiger partial charge in [0.25, 0.3) is 0 Å². The SMILES string of the molecule is N[C@H](CCC(=O)N1CCn2c(nnc2C(F)(F)F)C1)c1cc(F)c(F)cc1F. The van der Waals surface area contributed by atoms with Crippen molar-refractivity contribution >= 4 is 5.91 Å². The van der Waals surface area contributed by atoms with Gasteiger partial charge in [-0.15, -0.1) is 10.2 Å². The molecule has 0 radical (unpaired) electrons. The van der Waals surface area contributed by atoms with Crippen molar-refractivity contribution in [3.8, 4) is 0 Å². The lowest BCUT2D eigenvalue weighted by Gasteiger charge is -2.28. The first-order valence-corrected chi connectivity index (χ1v) is 8.25. The molecule has 0 saturated heterocycles. The summed E-state index contributed by atoms with van der Waals surface area (Å²) in [5, 5.41) is 6.60. The maximum absolute atomic E-state index is 13.7. The Morgan fingerprint density at radius 1 is 1.11 bits per heavy atom. The van der Waals surface area contributed by atoms with Crippen LogP contribution in [0, 0.1) is 17.5 Å². The van der Waals surface area contributed by atoms with Gasteiger partial charge in [0.15, 0.2) is 17.5 Å². The number of rotatable bonds is 4. The number of alkyl halides is 3. The van der Waals surface area contributed by atoms with Crippen molar-refractivity contribution in [2.45, 2.75) is 38.1 Å². The maximum atomic E-state index is 13.7. The minimum atomic E-state index is -4.64. The van der Waals surface area contributed by atoms with Gasteiger partial charge in [-0.05, 0) is 12.5 Å². The van der Waals surface area contributed by atoms with Gasteiger partial charge in [-0.3, -0.25) is 4.79 Å². The Labute approximate surface area is 154 Å². The molecule has 1 amide bonds. The predicted octanol–water partition coefficient (Wildman–Crippen LogP) is 2.54. The molecule has 2 N–H and O–H groups in total. The number of carbonyl (C=O) groups is 1. The molecule has 1 aromatic heterocycles. The van der Waals surface area contributed by atoms with Gasteiger partial charge in [0.2, 0.25) is 11.7 Å². The minimum Gasteiger partial charge on any atom is -0.333 e. The molecule has 1 aromatic carbocycles. The molecule has 0 saturated carbocycles. The number of fused-ring (bicyclic) bond motifs is 1. The average molecular weight is 407 g/mol. The highest BCUT2D eigenvalue weighted by Crippen LogP contribution is 2.29. The van der Waals surface area contributed by atoms with Gasteiger partial charge in [-0.2, -0.15) is 13.2 Å². The van der Waals surface area contributed by atoms with Crippen LogP contribution in [0.2, 0.25) is 0 Å². The van der Waals surface area contributed by atoms with Crippen molar-refractivity contribution in [3.05, 3.63) is 46.8 Å². The summed E-state index contributed by atoms with van der Waals surface area (Å²) in [6.45, 7) is -0.259. The number of carbonyl (C=O) groups excluding carboxylic acids is 1. The van der Waals surface area contributed by atoms with Crippen LogP contribution in [0.1, 0.15) is 36.1 Å². The number of nitrogens with zero attached hydrogens (tertiary/aromatic N) is 4. The predicted molar refractivity (Wildman–Crippen MR) is 82.9 cm³/mol. The van der Waals surface area contributed by atoms with E-state index in [1.165, 1.54) is 4.90 Å². The van der Waals surface area contributed by atoms with E-state index < -0.39 is 41.4 Å². The molecule has 0 unspecified atom stereocenters. The van der Waals surface area contributed by atoms with Crippen LogP contribution in [-0.2, 0) is 24.1 Å². The molecule has 152 valence electrons. The van der Waals surface area contributed by atoms with E-state index in [2.05, 4.69) is 10.2 Å². The van der Waals surface area contributed by atoms with Crippen molar-refractivity contribution < 1.29 is 31.1 Å². The summed E-state index contributed by atoms with van der Waals surface area (Å²) in [5.41, 5.74) is 5.51. The van der Waals surface area contributed by atoms with Gasteiger partial charge in [0.1, 0.15) is 5.82 Å². The molecule has 1 aliphatic rings. The number of hydrogen-bond acceptors (Lipinski definition) is 4. The van der Waals surface area contributed by atoms with Crippen LogP contribution in [0.4, 0.5) is 26.3 Å².